The molecule has 22 heavy (non-hydrogen) atoms. The number of hydrogen-bond donors (Lipinski definition) is 0. The summed E-state index contributed by atoms with van der Waals surface area (Å²) in [5, 5.41) is 0. The van der Waals surface area contributed by atoms with E-state index in [1.807, 2.05) is 0 Å². The van der Waals surface area contributed by atoms with Gasteiger partial charge in [-0.25, -0.2) is 8.78 Å². The Hall–Kier alpha value is -1.99. The van der Waals surface area contributed by atoms with Crippen LogP contribution in [0.25, 0.3) is 0 Å². The van der Waals surface area contributed by atoms with E-state index in [4.69, 9.17) is 8.92 Å². The molecule has 0 aromatic heterocycles. The van der Waals surface area contributed by atoms with Crippen molar-refractivity contribution in [1.29, 1.82) is 0 Å². The van der Waals surface area contributed by atoms with Crippen LogP contribution in [-0.4, -0.2) is 22.1 Å². The van der Waals surface area contributed by atoms with E-state index in [0.29, 0.717) is 19.1 Å². The second kappa shape index (κ2) is 6.85. The average Bonchev–Trinajstić information content (AvgIpc) is 2.45. The predicted octanol–water partition coefficient (Wildman–Crippen LogP) is 2.92. The molecule has 2 rings (SSSR count). The second-order valence-corrected chi connectivity index (χ2v) is 6.01. The highest BCUT2D eigenvalue weighted by Gasteiger charge is 2.21. The molecule has 118 valence electrons. The lowest BCUT2D eigenvalue weighted by Crippen LogP contribution is -2.12. The van der Waals surface area contributed by atoms with Crippen LogP contribution in [0.2, 0.25) is 0 Å². The van der Waals surface area contributed by atoms with Gasteiger partial charge in [0, 0.05) is 13.2 Å². The maximum atomic E-state index is 13.5. The highest BCUT2D eigenvalue weighted by atomic mass is 32.2. The summed E-state index contributed by atoms with van der Waals surface area (Å²) in [6.45, 7) is 0.541. The molecule has 0 bridgehead atoms. The summed E-state index contributed by atoms with van der Waals surface area (Å²) < 4.78 is 60.1. The van der Waals surface area contributed by atoms with Crippen LogP contribution >= 0.6 is 0 Å². The number of methoxy groups -OCH3 is 1. The first-order chi connectivity index (χ1) is 10.4. The Balaban J connectivity index is 2.18. The van der Waals surface area contributed by atoms with Gasteiger partial charge in [-0.15, -0.1) is 0 Å². The van der Waals surface area contributed by atoms with Crippen molar-refractivity contribution >= 4 is 10.1 Å². The van der Waals surface area contributed by atoms with E-state index in [9.17, 15) is 17.2 Å². The van der Waals surface area contributed by atoms with Crippen LogP contribution < -0.4 is 4.18 Å². The third-order valence-electron chi connectivity index (χ3n) is 2.89. The molecule has 4 nitrogen and oxygen atoms in total. The van der Waals surface area contributed by atoms with E-state index in [0.717, 1.165) is 17.7 Å². The van der Waals surface area contributed by atoms with Crippen LogP contribution in [0.1, 0.15) is 5.56 Å². The molecule has 0 N–H and O–H groups in total. The normalized spacial score (nSPS) is 11.4. The van der Waals surface area contributed by atoms with Crippen molar-refractivity contribution in [3.8, 4) is 5.75 Å². The van der Waals surface area contributed by atoms with Gasteiger partial charge in [0.05, 0.1) is 6.61 Å². The molecule has 2 aromatic carbocycles. The maximum Gasteiger partial charge on any atom is 0.342 e. The highest BCUT2D eigenvalue weighted by Crippen LogP contribution is 2.22. The minimum absolute atomic E-state index is 0.0462. The van der Waals surface area contributed by atoms with Crippen molar-refractivity contribution in [1.82, 2.24) is 0 Å². The Morgan fingerprint density at radius 3 is 2.32 bits per heavy atom. The van der Waals surface area contributed by atoms with Crippen LogP contribution in [0, 0.1) is 11.6 Å². The summed E-state index contributed by atoms with van der Waals surface area (Å²) in [6, 6.07) is 8.47. The Morgan fingerprint density at radius 2 is 1.73 bits per heavy atom. The minimum Gasteiger partial charge on any atom is -0.384 e. The molecular formula is C15H14F2O4S. The van der Waals surface area contributed by atoms with E-state index < -0.39 is 26.6 Å². The summed E-state index contributed by atoms with van der Waals surface area (Å²) >= 11 is 0. The van der Waals surface area contributed by atoms with Crippen molar-refractivity contribution < 1.29 is 26.1 Å². The van der Waals surface area contributed by atoms with Crippen LogP contribution in [0.3, 0.4) is 0 Å². The Kier molecular flexibility index (Phi) is 5.10. The van der Waals surface area contributed by atoms with E-state index in [-0.39, 0.29) is 5.75 Å². The molecule has 0 aliphatic rings. The average molecular weight is 328 g/mol. The van der Waals surface area contributed by atoms with Gasteiger partial charge in [-0.1, -0.05) is 12.1 Å². The van der Waals surface area contributed by atoms with Crippen LogP contribution in [0.4, 0.5) is 8.78 Å². The van der Waals surface area contributed by atoms with E-state index in [1.165, 1.54) is 12.1 Å². The number of benzene rings is 2. The number of ether oxygens (including phenoxy) is 1. The zero-order valence-corrected chi connectivity index (χ0v) is 12.6. The van der Waals surface area contributed by atoms with Gasteiger partial charge in [0.2, 0.25) is 0 Å². The van der Waals surface area contributed by atoms with Gasteiger partial charge in [0.25, 0.3) is 0 Å². The van der Waals surface area contributed by atoms with E-state index in [2.05, 4.69) is 0 Å². The van der Waals surface area contributed by atoms with E-state index >= 15 is 0 Å². The lowest BCUT2D eigenvalue weighted by Gasteiger charge is -2.08. The molecule has 7 heteroatoms. The number of hydrogen-bond acceptors (Lipinski definition) is 4. The number of halogens is 2. The summed E-state index contributed by atoms with van der Waals surface area (Å²) in [5.41, 5.74) is 0.944. The monoisotopic (exact) mass is 328 g/mol. The fourth-order valence-electron chi connectivity index (χ4n) is 1.78. The zero-order chi connectivity index (χ0) is 16.2. The lowest BCUT2D eigenvalue weighted by atomic mass is 10.1. The minimum atomic E-state index is -4.36. The third kappa shape index (κ3) is 4.02. The molecule has 2 aromatic rings. The van der Waals surface area contributed by atoms with Crippen molar-refractivity contribution in [3.05, 3.63) is 59.7 Å². The van der Waals surface area contributed by atoms with Gasteiger partial charge in [-0.05, 0) is 36.2 Å². The zero-order valence-electron chi connectivity index (χ0n) is 11.8. The fourth-order valence-corrected chi connectivity index (χ4v) is 2.77. The molecule has 0 saturated heterocycles. The summed E-state index contributed by atoms with van der Waals surface area (Å²) in [7, 11) is -2.77. The smallest absolute Gasteiger partial charge is 0.342 e. The van der Waals surface area contributed by atoms with Gasteiger partial charge < -0.3 is 8.92 Å². The molecule has 0 heterocycles. The fraction of sp³-hybridized carbons (Fsp3) is 0.200. The third-order valence-corrected chi connectivity index (χ3v) is 4.17. The standard InChI is InChI=1S/C15H14F2O4S/c1-20-9-8-11-2-5-13(6-3-11)21-22(18,19)15-7-4-12(16)10-14(15)17/h2-7,10H,8-9H2,1H3. The van der Waals surface area contributed by atoms with Crippen LogP contribution in [0.5, 0.6) is 5.75 Å². The molecule has 0 amide bonds. The maximum absolute atomic E-state index is 13.5. The molecule has 0 spiro atoms. The molecule has 0 atom stereocenters. The van der Waals surface area contributed by atoms with Crippen LogP contribution in [-0.2, 0) is 21.3 Å². The van der Waals surface area contributed by atoms with Gasteiger partial charge in [0.1, 0.15) is 22.3 Å². The molecule has 0 fully saturated rings. The molecular weight excluding hydrogens is 314 g/mol. The van der Waals surface area contributed by atoms with Crippen molar-refractivity contribution in [2.75, 3.05) is 13.7 Å². The predicted molar refractivity (Wildman–Crippen MR) is 76.2 cm³/mol. The van der Waals surface area contributed by atoms with Crippen molar-refractivity contribution in [2.24, 2.45) is 0 Å². The van der Waals surface area contributed by atoms with Gasteiger partial charge in [-0.3, -0.25) is 0 Å². The Morgan fingerprint density at radius 1 is 1.05 bits per heavy atom. The number of rotatable bonds is 6. The van der Waals surface area contributed by atoms with Gasteiger partial charge in [-0.2, -0.15) is 8.42 Å². The summed E-state index contributed by atoms with van der Waals surface area (Å²) in [5.74, 6) is -2.01. The van der Waals surface area contributed by atoms with Crippen molar-refractivity contribution in [3.63, 3.8) is 0 Å². The first-order valence-electron chi connectivity index (χ1n) is 6.40. The summed E-state index contributed by atoms with van der Waals surface area (Å²) in [6.07, 6.45) is 0.677. The molecule has 0 aliphatic carbocycles. The first kappa shape index (κ1) is 16.4. The van der Waals surface area contributed by atoms with Gasteiger partial charge >= 0.3 is 10.1 Å². The molecule has 0 radical (unpaired) electrons. The van der Waals surface area contributed by atoms with E-state index in [1.54, 1.807) is 19.2 Å². The molecule has 0 unspecified atom stereocenters. The SMILES string of the molecule is COCCc1ccc(OS(=O)(=O)c2ccc(F)cc2F)cc1. The molecule has 0 saturated carbocycles. The quantitative estimate of drug-likeness (QED) is 0.765. The largest absolute Gasteiger partial charge is 0.384 e. The molecule has 0 aliphatic heterocycles. The highest BCUT2D eigenvalue weighted by molar-refractivity contribution is 7.87. The Labute approximate surface area is 127 Å². The lowest BCUT2D eigenvalue weighted by molar-refractivity contribution is 0.202. The topological polar surface area (TPSA) is 52.6 Å². The van der Waals surface area contributed by atoms with Crippen LogP contribution in [0.15, 0.2) is 47.4 Å². The second-order valence-electron chi connectivity index (χ2n) is 4.50. The Bertz CT molecular complexity index is 743. The first-order valence-corrected chi connectivity index (χ1v) is 7.80. The van der Waals surface area contributed by atoms with Crippen molar-refractivity contribution in [2.45, 2.75) is 11.3 Å². The summed E-state index contributed by atoms with van der Waals surface area (Å²) in [4.78, 5) is -0.711. The van der Waals surface area contributed by atoms with Gasteiger partial charge in [0.15, 0.2) is 0 Å².